The highest BCUT2D eigenvalue weighted by molar-refractivity contribution is 5.84. The van der Waals surface area contributed by atoms with Crippen LogP contribution in [0.5, 0.6) is 5.88 Å². The summed E-state index contributed by atoms with van der Waals surface area (Å²) in [7, 11) is 0. The van der Waals surface area contributed by atoms with E-state index in [9.17, 15) is 4.79 Å². The molecule has 0 unspecified atom stereocenters. The first kappa shape index (κ1) is 14.3. The summed E-state index contributed by atoms with van der Waals surface area (Å²) in [6.07, 6.45) is 0. The molecule has 108 valence electrons. The van der Waals surface area contributed by atoms with Crippen molar-refractivity contribution in [2.45, 2.75) is 40.7 Å². The molecule has 2 heterocycles. The topological polar surface area (TPSA) is 77.2 Å². The van der Waals surface area contributed by atoms with E-state index >= 15 is 0 Å². The second-order valence-electron chi connectivity index (χ2n) is 5.05. The summed E-state index contributed by atoms with van der Waals surface area (Å²) in [4.78, 5) is 20.1. The van der Waals surface area contributed by atoms with E-state index in [1.165, 1.54) is 0 Å². The molecule has 0 bridgehead atoms. The first-order valence-electron chi connectivity index (χ1n) is 6.55. The Bertz CT molecular complexity index is 647. The van der Waals surface area contributed by atoms with Crippen molar-refractivity contribution < 1.29 is 13.9 Å². The van der Waals surface area contributed by atoms with Crippen LogP contribution in [-0.2, 0) is 4.79 Å². The molecule has 0 radical (unpaired) electrons. The minimum absolute atomic E-state index is 0.0760. The van der Waals surface area contributed by atoms with Crippen molar-refractivity contribution in [3.05, 3.63) is 17.1 Å². The van der Waals surface area contributed by atoms with Crippen molar-refractivity contribution in [1.82, 2.24) is 15.3 Å². The summed E-state index contributed by atoms with van der Waals surface area (Å²) >= 11 is 0. The third-order valence-electron chi connectivity index (χ3n) is 2.90. The highest BCUT2D eigenvalue weighted by Crippen LogP contribution is 2.30. The van der Waals surface area contributed by atoms with Gasteiger partial charge in [-0.15, -0.1) is 0 Å². The van der Waals surface area contributed by atoms with Gasteiger partial charge in [0, 0.05) is 11.6 Å². The van der Waals surface area contributed by atoms with E-state index in [1.54, 1.807) is 6.92 Å². The van der Waals surface area contributed by atoms with Gasteiger partial charge in [-0.2, -0.15) is 9.97 Å². The maximum absolute atomic E-state index is 11.6. The fourth-order valence-electron chi connectivity index (χ4n) is 1.92. The fourth-order valence-corrected chi connectivity index (χ4v) is 1.92. The first-order chi connectivity index (χ1) is 9.38. The second kappa shape index (κ2) is 5.48. The number of hydrogen-bond donors (Lipinski definition) is 1. The van der Waals surface area contributed by atoms with E-state index in [1.807, 2.05) is 27.7 Å². The zero-order valence-electron chi connectivity index (χ0n) is 12.4. The number of amides is 1. The maximum Gasteiger partial charge on any atom is 0.258 e. The lowest BCUT2D eigenvalue weighted by Gasteiger charge is -2.10. The fraction of sp³-hybridized carbons (Fsp3) is 0.500. The minimum Gasteiger partial charge on any atom is -0.467 e. The summed E-state index contributed by atoms with van der Waals surface area (Å²) in [5.41, 5.74) is 1.42. The lowest BCUT2D eigenvalue weighted by molar-refractivity contribution is -0.123. The van der Waals surface area contributed by atoms with Crippen molar-refractivity contribution in [3.63, 3.8) is 0 Å². The van der Waals surface area contributed by atoms with E-state index in [0.717, 1.165) is 16.7 Å². The zero-order valence-corrected chi connectivity index (χ0v) is 12.4. The Morgan fingerprint density at radius 1 is 1.30 bits per heavy atom. The van der Waals surface area contributed by atoms with Crippen LogP contribution in [0.2, 0.25) is 0 Å². The highest BCUT2D eigenvalue weighted by atomic mass is 16.5. The minimum atomic E-state index is -0.178. The molecule has 0 aliphatic rings. The average molecular weight is 277 g/mol. The van der Waals surface area contributed by atoms with E-state index in [-0.39, 0.29) is 18.6 Å². The predicted octanol–water partition coefficient (Wildman–Crippen LogP) is 2.05. The highest BCUT2D eigenvalue weighted by Gasteiger charge is 2.17. The van der Waals surface area contributed by atoms with Crippen molar-refractivity contribution in [2.24, 2.45) is 0 Å². The first-order valence-corrected chi connectivity index (χ1v) is 6.55. The Kier molecular flexibility index (Phi) is 3.92. The van der Waals surface area contributed by atoms with Crippen LogP contribution in [0, 0.1) is 20.8 Å². The van der Waals surface area contributed by atoms with Crippen molar-refractivity contribution >= 4 is 17.0 Å². The van der Waals surface area contributed by atoms with Crippen LogP contribution in [0.1, 0.15) is 31.0 Å². The van der Waals surface area contributed by atoms with Crippen molar-refractivity contribution in [3.8, 4) is 5.88 Å². The van der Waals surface area contributed by atoms with Gasteiger partial charge in [0.15, 0.2) is 6.61 Å². The number of ether oxygens (including phenoxy) is 1. The Labute approximate surface area is 117 Å². The Morgan fingerprint density at radius 2 is 2.00 bits per heavy atom. The molecule has 0 aromatic carbocycles. The van der Waals surface area contributed by atoms with Gasteiger partial charge in [0.25, 0.3) is 5.91 Å². The van der Waals surface area contributed by atoms with Gasteiger partial charge in [0.1, 0.15) is 17.0 Å². The zero-order chi connectivity index (χ0) is 14.9. The van der Waals surface area contributed by atoms with Gasteiger partial charge in [0.2, 0.25) is 11.6 Å². The molecule has 0 saturated carbocycles. The molecule has 2 aromatic heterocycles. The number of carbonyl (C=O) groups excluding carboxylic acids is 1. The van der Waals surface area contributed by atoms with E-state index in [4.69, 9.17) is 9.15 Å². The van der Waals surface area contributed by atoms with Crippen molar-refractivity contribution in [1.29, 1.82) is 0 Å². The molecule has 0 spiro atoms. The number of hydrogen-bond acceptors (Lipinski definition) is 5. The number of nitrogens with zero attached hydrogens (tertiary/aromatic N) is 2. The van der Waals surface area contributed by atoms with Crippen LogP contribution in [0.4, 0.5) is 0 Å². The lowest BCUT2D eigenvalue weighted by atomic mass is 10.2. The molecule has 20 heavy (non-hydrogen) atoms. The quantitative estimate of drug-likeness (QED) is 0.925. The summed E-state index contributed by atoms with van der Waals surface area (Å²) in [6.45, 7) is 9.26. The standard InChI is InChI=1S/C14H19N3O3/c1-7(2)15-11(18)6-19-13-12-8(3)9(4)20-14(12)17-10(5)16-13/h7H,6H2,1-5H3,(H,15,18). The van der Waals surface area contributed by atoms with Crippen LogP contribution in [0.25, 0.3) is 11.1 Å². The molecule has 1 amide bonds. The lowest BCUT2D eigenvalue weighted by Crippen LogP contribution is -2.34. The molecule has 0 aliphatic heterocycles. The summed E-state index contributed by atoms with van der Waals surface area (Å²) < 4.78 is 11.1. The van der Waals surface area contributed by atoms with Gasteiger partial charge in [-0.1, -0.05) is 0 Å². The monoisotopic (exact) mass is 277 g/mol. The molecule has 0 atom stereocenters. The summed E-state index contributed by atoms with van der Waals surface area (Å²) in [6, 6.07) is 0.0798. The maximum atomic E-state index is 11.6. The van der Waals surface area contributed by atoms with Gasteiger partial charge in [-0.3, -0.25) is 4.79 Å². The number of aromatic nitrogens is 2. The SMILES string of the molecule is Cc1nc(OCC(=O)NC(C)C)c2c(C)c(C)oc2n1. The van der Waals surface area contributed by atoms with Crippen molar-refractivity contribution in [2.75, 3.05) is 6.61 Å². The number of furan rings is 1. The molecule has 0 fully saturated rings. The van der Waals surface area contributed by atoms with Gasteiger partial charge >= 0.3 is 0 Å². The summed E-state index contributed by atoms with van der Waals surface area (Å²) in [5.74, 6) is 1.53. The molecule has 1 N–H and O–H groups in total. The van der Waals surface area contributed by atoms with Crippen LogP contribution >= 0.6 is 0 Å². The molecule has 6 nitrogen and oxygen atoms in total. The van der Waals surface area contributed by atoms with Crippen LogP contribution in [-0.4, -0.2) is 28.5 Å². The largest absolute Gasteiger partial charge is 0.467 e. The average Bonchev–Trinajstić information content (AvgIpc) is 2.61. The van der Waals surface area contributed by atoms with Crippen LogP contribution in [0.3, 0.4) is 0 Å². The smallest absolute Gasteiger partial charge is 0.258 e. The number of nitrogens with one attached hydrogen (secondary N) is 1. The summed E-state index contributed by atoms with van der Waals surface area (Å²) in [5, 5.41) is 3.49. The number of rotatable bonds is 4. The van der Waals surface area contributed by atoms with E-state index < -0.39 is 0 Å². The van der Waals surface area contributed by atoms with Gasteiger partial charge in [-0.05, 0) is 34.6 Å². The molecular formula is C14H19N3O3. The van der Waals surface area contributed by atoms with E-state index in [0.29, 0.717) is 17.4 Å². The Balaban J connectivity index is 2.27. The Hall–Kier alpha value is -2.11. The van der Waals surface area contributed by atoms with Crippen LogP contribution in [0.15, 0.2) is 4.42 Å². The molecule has 0 saturated heterocycles. The van der Waals surface area contributed by atoms with Gasteiger partial charge in [-0.25, -0.2) is 0 Å². The van der Waals surface area contributed by atoms with E-state index in [2.05, 4.69) is 15.3 Å². The molecule has 2 aromatic rings. The second-order valence-corrected chi connectivity index (χ2v) is 5.05. The Morgan fingerprint density at radius 3 is 2.65 bits per heavy atom. The number of fused-ring (bicyclic) bond motifs is 1. The number of aryl methyl sites for hydroxylation is 3. The molecule has 2 rings (SSSR count). The third-order valence-corrected chi connectivity index (χ3v) is 2.90. The van der Waals surface area contributed by atoms with Gasteiger partial charge < -0.3 is 14.5 Å². The molecular weight excluding hydrogens is 258 g/mol. The normalized spacial score (nSPS) is 11.1. The molecule has 0 aliphatic carbocycles. The predicted molar refractivity (Wildman–Crippen MR) is 74.8 cm³/mol. The van der Waals surface area contributed by atoms with Crippen LogP contribution < -0.4 is 10.1 Å². The van der Waals surface area contributed by atoms with Gasteiger partial charge in [0.05, 0.1) is 0 Å². The number of carbonyl (C=O) groups is 1. The third kappa shape index (κ3) is 2.89. The molecule has 6 heteroatoms.